The summed E-state index contributed by atoms with van der Waals surface area (Å²) in [6.45, 7) is 3.02. The van der Waals surface area contributed by atoms with Crippen molar-refractivity contribution in [2.45, 2.75) is 12.5 Å². The summed E-state index contributed by atoms with van der Waals surface area (Å²) in [4.78, 5) is 35.3. The fourth-order valence-corrected chi connectivity index (χ4v) is 3.78. The minimum absolute atomic E-state index is 0.163. The van der Waals surface area contributed by atoms with E-state index in [4.69, 9.17) is 11.6 Å². The molecule has 0 aliphatic carbocycles. The first-order valence-electron chi connectivity index (χ1n) is 8.66. The highest BCUT2D eigenvalue weighted by atomic mass is 35.5. The molecule has 1 aromatic heterocycles. The maximum Gasteiger partial charge on any atom is 0.251 e. The number of carbonyl (C=O) groups excluding carboxylic acids is 2. The van der Waals surface area contributed by atoms with Crippen molar-refractivity contribution in [2.24, 2.45) is 0 Å². The van der Waals surface area contributed by atoms with Crippen molar-refractivity contribution in [3.8, 4) is 0 Å². The van der Waals surface area contributed by atoms with Crippen molar-refractivity contribution in [3.05, 3.63) is 53.7 Å². The number of rotatable bonds is 3. The third-order valence-corrected chi connectivity index (χ3v) is 5.15. The molecule has 26 heavy (non-hydrogen) atoms. The van der Waals surface area contributed by atoms with Gasteiger partial charge in [-0.1, -0.05) is 23.7 Å². The molecule has 0 unspecified atom stereocenters. The predicted octanol–water partition coefficient (Wildman–Crippen LogP) is 2.19. The van der Waals surface area contributed by atoms with Crippen molar-refractivity contribution in [3.63, 3.8) is 0 Å². The standard InChI is InChI=1S/C19H19ClN4O2/c20-14-4-3-5-15(12-14)24-18(25)13-16(19(24)26)22-8-10-23(11-9-22)17-6-1-2-7-21-17/h1-7,12,16H,8-11,13H2/t16-/m1/s1. The number of anilines is 2. The van der Waals surface area contributed by atoms with Gasteiger partial charge in [0, 0.05) is 37.4 Å². The molecule has 1 atom stereocenters. The van der Waals surface area contributed by atoms with E-state index in [2.05, 4.69) is 14.8 Å². The number of pyridine rings is 1. The number of aromatic nitrogens is 1. The van der Waals surface area contributed by atoms with Gasteiger partial charge < -0.3 is 4.90 Å². The number of hydrogen-bond donors (Lipinski definition) is 0. The number of carbonyl (C=O) groups is 2. The highest BCUT2D eigenvalue weighted by molar-refractivity contribution is 6.31. The highest BCUT2D eigenvalue weighted by Gasteiger charge is 2.43. The highest BCUT2D eigenvalue weighted by Crippen LogP contribution is 2.28. The summed E-state index contributed by atoms with van der Waals surface area (Å²) >= 11 is 6.01. The minimum Gasteiger partial charge on any atom is -0.354 e. The Labute approximate surface area is 157 Å². The Kier molecular flexibility index (Phi) is 4.61. The van der Waals surface area contributed by atoms with Crippen LogP contribution in [0, 0.1) is 0 Å². The van der Waals surface area contributed by atoms with Gasteiger partial charge in [0.2, 0.25) is 5.91 Å². The third-order valence-electron chi connectivity index (χ3n) is 4.92. The first-order valence-corrected chi connectivity index (χ1v) is 9.04. The third kappa shape index (κ3) is 3.18. The van der Waals surface area contributed by atoms with Crippen LogP contribution in [0.5, 0.6) is 0 Å². The van der Waals surface area contributed by atoms with Crippen molar-refractivity contribution in [1.29, 1.82) is 0 Å². The molecule has 2 fully saturated rings. The van der Waals surface area contributed by atoms with Crippen molar-refractivity contribution >= 4 is 34.9 Å². The van der Waals surface area contributed by atoms with Crippen LogP contribution in [0.4, 0.5) is 11.5 Å². The van der Waals surface area contributed by atoms with Crippen LogP contribution in [0.2, 0.25) is 5.02 Å². The van der Waals surface area contributed by atoms with Gasteiger partial charge in [0.05, 0.1) is 18.2 Å². The quantitative estimate of drug-likeness (QED) is 0.775. The molecular weight excluding hydrogens is 352 g/mol. The Morgan fingerprint density at radius 2 is 1.81 bits per heavy atom. The van der Waals surface area contributed by atoms with E-state index in [0.717, 1.165) is 32.0 Å². The SMILES string of the molecule is O=C1C[C@@H](N2CCN(c3ccccn3)CC2)C(=O)N1c1cccc(Cl)c1. The Bertz CT molecular complexity index is 821. The fraction of sp³-hybridized carbons (Fsp3) is 0.316. The lowest BCUT2D eigenvalue weighted by molar-refractivity contribution is -0.123. The molecule has 4 rings (SSSR count). The van der Waals surface area contributed by atoms with Gasteiger partial charge in [0.25, 0.3) is 5.91 Å². The van der Waals surface area contributed by atoms with Crippen LogP contribution >= 0.6 is 11.6 Å². The van der Waals surface area contributed by atoms with Gasteiger partial charge >= 0.3 is 0 Å². The van der Waals surface area contributed by atoms with E-state index in [-0.39, 0.29) is 18.2 Å². The fourth-order valence-electron chi connectivity index (χ4n) is 3.59. The molecule has 7 heteroatoms. The lowest BCUT2D eigenvalue weighted by Gasteiger charge is -2.37. The monoisotopic (exact) mass is 370 g/mol. The summed E-state index contributed by atoms with van der Waals surface area (Å²) in [5.74, 6) is 0.611. The van der Waals surface area contributed by atoms with E-state index in [9.17, 15) is 9.59 Å². The molecule has 0 radical (unpaired) electrons. The molecular formula is C19H19ClN4O2. The van der Waals surface area contributed by atoms with Gasteiger partial charge in [-0.2, -0.15) is 0 Å². The summed E-state index contributed by atoms with van der Waals surface area (Å²) in [6.07, 6.45) is 2.00. The van der Waals surface area contributed by atoms with E-state index < -0.39 is 6.04 Å². The number of piperazine rings is 1. The lowest BCUT2D eigenvalue weighted by atomic mass is 10.1. The van der Waals surface area contributed by atoms with Gasteiger partial charge in [-0.3, -0.25) is 14.5 Å². The predicted molar refractivity (Wildman–Crippen MR) is 100 cm³/mol. The maximum atomic E-state index is 12.9. The second-order valence-corrected chi connectivity index (χ2v) is 6.91. The number of hydrogen-bond acceptors (Lipinski definition) is 5. The average molecular weight is 371 g/mol. The van der Waals surface area contributed by atoms with Crippen LogP contribution in [0.1, 0.15) is 6.42 Å². The summed E-state index contributed by atoms with van der Waals surface area (Å²) in [5.41, 5.74) is 0.544. The molecule has 3 heterocycles. The van der Waals surface area contributed by atoms with Crippen LogP contribution in [0.25, 0.3) is 0 Å². The smallest absolute Gasteiger partial charge is 0.251 e. The van der Waals surface area contributed by atoms with Crippen LogP contribution in [-0.2, 0) is 9.59 Å². The zero-order valence-corrected chi connectivity index (χ0v) is 15.0. The van der Waals surface area contributed by atoms with Crippen molar-refractivity contribution in [1.82, 2.24) is 9.88 Å². The zero-order chi connectivity index (χ0) is 18.1. The summed E-state index contributed by atoms with van der Waals surface area (Å²) in [7, 11) is 0. The molecule has 0 spiro atoms. The van der Waals surface area contributed by atoms with Gasteiger partial charge in [0.1, 0.15) is 5.82 Å². The Hall–Kier alpha value is -2.44. The topological polar surface area (TPSA) is 56.8 Å². The van der Waals surface area contributed by atoms with Crippen LogP contribution in [0.3, 0.4) is 0 Å². The molecule has 2 saturated heterocycles. The molecule has 0 bridgehead atoms. The maximum absolute atomic E-state index is 12.9. The van der Waals surface area contributed by atoms with Gasteiger partial charge in [-0.15, -0.1) is 0 Å². The minimum atomic E-state index is -0.396. The summed E-state index contributed by atoms with van der Waals surface area (Å²) in [6, 6.07) is 12.3. The number of halogens is 1. The van der Waals surface area contributed by atoms with Crippen LogP contribution < -0.4 is 9.80 Å². The van der Waals surface area contributed by atoms with E-state index in [0.29, 0.717) is 10.7 Å². The van der Waals surface area contributed by atoms with Crippen molar-refractivity contribution in [2.75, 3.05) is 36.0 Å². The molecule has 2 amide bonds. The van der Waals surface area contributed by atoms with Gasteiger partial charge in [-0.05, 0) is 30.3 Å². The largest absolute Gasteiger partial charge is 0.354 e. The average Bonchev–Trinajstić information content (AvgIpc) is 2.97. The zero-order valence-electron chi connectivity index (χ0n) is 14.2. The van der Waals surface area contributed by atoms with E-state index >= 15 is 0 Å². The van der Waals surface area contributed by atoms with Crippen LogP contribution in [0.15, 0.2) is 48.7 Å². The molecule has 2 aliphatic heterocycles. The number of benzene rings is 1. The van der Waals surface area contributed by atoms with E-state index in [1.165, 1.54) is 4.90 Å². The lowest BCUT2D eigenvalue weighted by Crippen LogP contribution is -2.52. The van der Waals surface area contributed by atoms with E-state index in [1.807, 2.05) is 18.2 Å². The Morgan fingerprint density at radius 3 is 2.50 bits per heavy atom. The molecule has 2 aliphatic rings. The Morgan fingerprint density at radius 1 is 1.00 bits per heavy atom. The number of nitrogens with zero attached hydrogens (tertiary/aromatic N) is 4. The molecule has 134 valence electrons. The Balaban J connectivity index is 1.45. The molecule has 0 N–H and O–H groups in total. The molecule has 2 aromatic rings. The molecule has 1 aromatic carbocycles. The summed E-state index contributed by atoms with van der Waals surface area (Å²) in [5, 5.41) is 0.510. The summed E-state index contributed by atoms with van der Waals surface area (Å²) < 4.78 is 0. The van der Waals surface area contributed by atoms with E-state index in [1.54, 1.807) is 30.5 Å². The molecule has 0 saturated carbocycles. The first kappa shape index (κ1) is 17.0. The number of imide groups is 1. The normalized spacial score (nSPS) is 21.5. The number of amides is 2. The van der Waals surface area contributed by atoms with Gasteiger partial charge in [-0.25, -0.2) is 9.88 Å². The first-order chi connectivity index (χ1) is 12.6. The van der Waals surface area contributed by atoms with Gasteiger partial charge in [0.15, 0.2) is 0 Å². The second kappa shape index (κ2) is 7.05. The second-order valence-electron chi connectivity index (χ2n) is 6.48. The van der Waals surface area contributed by atoms with Crippen molar-refractivity contribution < 1.29 is 9.59 Å². The molecule has 6 nitrogen and oxygen atoms in total. The van der Waals surface area contributed by atoms with Crippen LogP contribution in [-0.4, -0.2) is 53.9 Å².